The smallest absolute Gasteiger partial charge is 0.282 e. The van der Waals surface area contributed by atoms with Crippen LogP contribution in [0, 0.1) is 0 Å². The van der Waals surface area contributed by atoms with Crippen LogP contribution in [0.4, 0.5) is 0 Å². The van der Waals surface area contributed by atoms with Crippen molar-refractivity contribution in [1.29, 1.82) is 0 Å². The zero-order valence-corrected chi connectivity index (χ0v) is 8.68. The zero-order valence-electron chi connectivity index (χ0n) is 8.68. The molecule has 1 rings (SSSR count). The van der Waals surface area contributed by atoms with Gasteiger partial charge in [-0.3, -0.25) is 0 Å². The molecule has 0 aromatic heterocycles. The molecule has 2 N–H and O–H groups in total. The van der Waals surface area contributed by atoms with E-state index in [1.54, 1.807) is 0 Å². The third-order valence-corrected chi connectivity index (χ3v) is 2.48. The highest BCUT2D eigenvalue weighted by molar-refractivity contribution is 5.73. The van der Waals surface area contributed by atoms with Crippen LogP contribution < -0.4 is 5.73 Å². The van der Waals surface area contributed by atoms with Crippen LogP contribution >= 0.6 is 0 Å². The van der Waals surface area contributed by atoms with Gasteiger partial charge in [0, 0.05) is 0 Å². The van der Waals surface area contributed by atoms with Gasteiger partial charge in [0.2, 0.25) is 0 Å². The average molecular weight is 184 g/mol. The lowest BCUT2D eigenvalue weighted by molar-refractivity contribution is 0.251. The van der Waals surface area contributed by atoms with E-state index in [1.165, 1.54) is 25.7 Å². The maximum absolute atomic E-state index is 5.47. The first-order valence-corrected chi connectivity index (χ1v) is 5.14. The Morgan fingerprint density at radius 3 is 2.77 bits per heavy atom. The summed E-state index contributed by atoms with van der Waals surface area (Å²) >= 11 is 0. The van der Waals surface area contributed by atoms with Gasteiger partial charge in [-0.05, 0) is 13.3 Å². The maximum Gasteiger partial charge on any atom is 0.282 e. The normalized spacial score (nSPS) is 27.1. The molecule has 0 spiro atoms. The van der Waals surface area contributed by atoms with Gasteiger partial charge in [-0.15, -0.1) is 0 Å². The van der Waals surface area contributed by atoms with Crippen molar-refractivity contribution in [3.8, 4) is 0 Å². The van der Waals surface area contributed by atoms with Crippen LogP contribution in [0.1, 0.15) is 46.0 Å². The molecule has 3 heteroatoms. The van der Waals surface area contributed by atoms with Gasteiger partial charge in [0.15, 0.2) is 0 Å². The zero-order chi connectivity index (χ0) is 9.73. The van der Waals surface area contributed by atoms with E-state index in [9.17, 15) is 0 Å². The molecule has 76 valence electrons. The second-order valence-corrected chi connectivity index (χ2v) is 4.05. The molecule has 1 heterocycles. The monoisotopic (exact) mass is 184 g/mol. The third kappa shape index (κ3) is 3.25. The van der Waals surface area contributed by atoms with Crippen molar-refractivity contribution in [2.24, 2.45) is 10.7 Å². The predicted octanol–water partition coefficient (Wildman–Crippen LogP) is 2.06. The summed E-state index contributed by atoms with van der Waals surface area (Å²) in [5, 5.41) is 0. The van der Waals surface area contributed by atoms with Crippen LogP contribution in [0.25, 0.3) is 0 Å². The molecule has 0 radical (unpaired) electrons. The van der Waals surface area contributed by atoms with E-state index in [1.807, 2.05) is 0 Å². The Morgan fingerprint density at radius 1 is 1.46 bits per heavy atom. The van der Waals surface area contributed by atoms with Crippen molar-refractivity contribution in [1.82, 2.24) is 0 Å². The fourth-order valence-corrected chi connectivity index (χ4v) is 1.62. The van der Waals surface area contributed by atoms with Gasteiger partial charge >= 0.3 is 0 Å². The summed E-state index contributed by atoms with van der Waals surface area (Å²) < 4.78 is 5.15. The number of ether oxygens (including phenoxy) is 1. The van der Waals surface area contributed by atoms with Gasteiger partial charge < -0.3 is 10.5 Å². The lowest BCUT2D eigenvalue weighted by Gasteiger charge is -2.17. The largest absolute Gasteiger partial charge is 0.463 e. The summed E-state index contributed by atoms with van der Waals surface area (Å²) in [5.41, 5.74) is 5.42. The highest BCUT2D eigenvalue weighted by Gasteiger charge is 2.29. The number of nitrogens with zero attached hydrogens (tertiary/aromatic N) is 1. The molecule has 0 aromatic carbocycles. The Kier molecular flexibility index (Phi) is 3.58. The number of amidine groups is 1. The Labute approximate surface area is 80.4 Å². The highest BCUT2D eigenvalue weighted by atomic mass is 16.5. The topological polar surface area (TPSA) is 47.6 Å². The number of nitrogens with two attached hydrogens (primary N) is 1. The maximum atomic E-state index is 5.47. The minimum absolute atomic E-state index is 0.0438. The van der Waals surface area contributed by atoms with Crippen molar-refractivity contribution in [3.05, 3.63) is 0 Å². The standard InChI is InChI=1S/C10H20N2O/c1-3-4-5-6-7-10(2)8-13-9(11)12-10/h3-8H2,1-2H3,(H2,11,12). The van der Waals surface area contributed by atoms with E-state index in [0.717, 1.165) is 6.42 Å². The van der Waals surface area contributed by atoms with E-state index in [0.29, 0.717) is 12.6 Å². The molecular weight excluding hydrogens is 164 g/mol. The van der Waals surface area contributed by atoms with Crippen molar-refractivity contribution in [3.63, 3.8) is 0 Å². The summed E-state index contributed by atoms with van der Waals surface area (Å²) in [6, 6.07) is 0.359. The van der Waals surface area contributed by atoms with Gasteiger partial charge in [-0.25, -0.2) is 4.99 Å². The molecule has 1 aliphatic heterocycles. The fourth-order valence-electron chi connectivity index (χ4n) is 1.62. The van der Waals surface area contributed by atoms with Crippen molar-refractivity contribution in [2.45, 2.75) is 51.5 Å². The second kappa shape index (κ2) is 4.49. The van der Waals surface area contributed by atoms with Crippen LogP contribution in [-0.2, 0) is 4.74 Å². The Morgan fingerprint density at radius 2 is 2.23 bits per heavy atom. The number of aliphatic imine (C=N–C) groups is 1. The molecule has 0 bridgehead atoms. The van der Waals surface area contributed by atoms with Crippen LogP contribution in [0.15, 0.2) is 4.99 Å². The van der Waals surface area contributed by atoms with E-state index in [4.69, 9.17) is 10.5 Å². The average Bonchev–Trinajstić information content (AvgIpc) is 2.41. The minimum Gasteiger partial charge on any atom is -0.463 e. The van der Waals surface area contributed by atoms with Gasteiger partial charge in [0.1, 0.15) is 6.61 Å². The van der Waals surface area contributed by atoms with Gasteiger partial charge in [0.25, 0.3) is 6.02 Å². The summed E-state index contributed by atoms with van der Waals surface area (Å²) in [6.07, 6.45) is 6.20. The fraction of sp³-hybridized carbons (Fsp3) is 0.900. The van der Waals surface area contributed by atoms with Gasteiger partial charge in [-0.2, -0.15) is 0 Å². The number of hydrogen-bond donors (Lipinski definition) is 1. The highest BCUT2D eigenvalue weighted by Crippen LogP contribution is 2.23. The molecule has 3 nitrogen and oxygen atoms in total. The molecule has 0 saturated heterocycles. The predicted molar refractivity (Wildman–Crippen MR) is 54.7 cm³/mol. The SMILES string of the molecule is CCCCCCC1(C)COC(N)=N1. The number of unbranched alkanes of at least 4 members (excludes halogenated alkanes) is 3. The molecule has 13 heavy (non-hydrogen) atoms. The van der Waals surface area contributed by atoms with Crippen molar-refractivity contribution >= 4 is 6.02 Å². The molecule has 1 aliphatic rings. The van der Waals surface area contributed by atoms with E-state index in [-0.39, 0.29) is 5.54 Å². The number of rotatable bonds is 5. The quantitative estimate of drug-likeness (QED) is 0.665. The van der Waals surface area contributed by atoms with Crippen LogP contribution in [-0.4, -0.2) is 18.2 Å². The second-order valence-electron chi connectivity index (χ2n) is 4.05. The lowest BCUT2D eigenvalue weighted by Crippen LogP contribution is -2.23. The van der Waals surface area contributed by atoms with Gasteiger partial charge in [-0.1, -0.05) is 32.6 Å². The molecule has 0 fully saturated rings. The lowest BCUT2D eigenvalue weighted by atomic mass is 9.96. The first-order valence-electron chi connectivity index (χ1n) is 5.14. The summed E-state index contributed by atoms with van der Waals surface area (Å²) in [7, 11) is 0. The van der Waals surface area contributed by atoms with Crippen molar-refractivity contribution in [2.75, 3.05) is 6.61 Å². The molecule has 0 aromatic rings. The van der Waals surface area contributed by atoms with Crippen LogP contribution in [0.3, 0.4) is 0 Å². The molecule has 1 unspecified atom stereocenters. The first kappa shape index (κ1) is 10.4. The Balaban J connectivity index is 2.20. The van der Waals surface area contributed by atoms with Crippen LogP contribution in [0.5, 0.6) is 0 Å². The Bertz CT molecular complexity index is 191. The van der Waals surface area contributed by atoms with E-state index in [2.05, 4.69) is 18.8 Å². The molecule has 0 amide bonds. The van der Waals surface area contributed by atoms with Crippen molar-refractivity contribution < 1.29 is 4.74 Å². The summed E-state index contributed by atoms with van der Waals surface area (Å²) in [6.45, 7) is 4.99. The Hall–Kier alpha value is -0.730. The van der Waals surface area contributed by atoms with E-state index < -0.39 is 0 Å². The number of hydrogen-bond acceptors (Lipinski definition) is 3. The summed E-state index contributed by atoms with van der Waals surface area (Å²) in [4.78, 5) is 4.29. The molecule has 1 atom stereocenters. The van der Waals surface area contributed by atoms with Crippen LogP contribution in [0.2, 0.25) is 0 Å². The minimum atomic E-state index is -0.0438. The molecule has 0 aliphatic carbocycles. The summed E-state index contributed by atoms with van der Waals surface area (Å²) in [5.74, 6) is 0. The third-order valence-electron chi connectivity index (χ3n) is 2.48. The first-order chi connectivity index (χ1) is 6.16. The molecular formula is C10H20N2O. The van der Waals surface area contributed by atoms with E-state index >= 15 is 0 Å². The molecule has 0 saturated carbocycles. The van der Waals surface area contributed by atoms with Gasteiger partial charge in [0.05, 0.1) is 5.54 Å².